The quantitative estimate of drug-likeness (QED) is 0.277. The molecule has 0 unspecified atom stereocenters. The number of esters is 1. The predicted octanol–water partition coefficient (Wildman–Crippen LogP) is 2.78. The van der Waals surface area contributed by atoms with Gasteiger partial charge in [0.2, 0.25) is 11.8 Å². The second kappa shape index (κ2) is 14.5. The molecular formula is C21H34N4O4. The molecule has 0 aromatic heterocycles. The van der Waals surface area contributed by atoms with Crippen molar-refractivity contribution in [3.63, 3.8) is 0 Å². The van der Waals surface area contributed by atoms with E-state index in [2.05, 4.69) is 10.6 Å². The van der Waals surface area contributed by atoms with Gasteiger partial charge in [0, 0.05) is 24.2 Å². The number of hydrogen-bond donors (Lipinski definition) is 4. The summed E-state index contributed by atoms with van der Waals surface area (Å²) in [6.07, 6.45) is 5.76. The fourth-order valence-corrected chi connectivity index (χ4v) is 2.76. The first-order valence-electron chi connectivity index (χ1n) is 10.3. The molecular weight excluding hydrogens is 372 g/mol. The van der Waals surface area contributed by atoms with Crippen LogP contribution in [0.1, 0.15) is 68.6 Å². The highest BCUT2D eigenvalue weighted by Crippen LogP contribution is 2.21. The summed E-state index contributed by atoms with van der Waals surface area (Å²) in [4.78, 5) is 36.5. The van der Waals surface area contributed by atoms with Crippen molar-refractivity contribution < 1.29 is 19.1 Å². The number of unbranched alkanes of at least 4 members (excludes halogenated alkanes) is 4. The van der Waals surface area contributed by atoms with Gasteiger partial charge in [0.25, 0.3) is 0 Å². The maximum absolute atomic E-state index is 12.2. The molecule has 0 fully saturated rings. The zero-order chi connectivity index (χ0) is 21.5. The van der Waals surface area contributed by atoms with Gasteiger partial charge in [0.15, 0.2) is 0 Å². The molecule has 29 heavy (non-hydrogen) atoms. The van der Waals surface area contributed by atoms with Gasteiger partial charge in [0.1, 0.15) is 0 Å². The van der Waals surface area contributed by atoms with E-state index in [1.807, 2.05) is 0 Å². The molecule has 0 saturated carbocycles. The number of hydrogen-bond acceptors (Lipinski definition) is 6. The number of anilines is 2. The number of rotatable bonds is 14. The third kappa shape index (κ3) is 10.6. The first-order valence-corrected chi connectivity index (χ1v) is 10.3. The molecule has 2 amide bonds. The highest BCUT2D eigenvalue weighted by atomic mass is 16.5. The number of nitrogens with two attached hydrogens (primary N) is 2. The molecule has 0 spiro atoms. The van der Waals surface area contributed by atoms with Crippen LogP contribution >= 0.6 is 0 Å². The van der Waals surface area contributed by atoms with Gasteiger partial charge in [-0.25, -0.2) is 4.79 Å². The van der Waals surface area contributed by atoms with Gasteiger partial charge in [-0.1, -0.05) is 12.8 Å². The summed E-state index contributed by atoms with van der Waals surface area (Å²) in [5.41, 5.74) is 12.1. The van der Waals surface area contributed by atoms with E-state index in [1.165, 1.54) is 0 Å². The fraction of sp³-hybridized carbons (Fsp3) is 0.571. The second-order valence-electron chi connectivity index (χ2n) is 6.81. The average Bonchev–Trinajstić information content (AvgIpc) is 2.68. The Bertz CT molecular complexity index is 620. The number of carbonyl (C=O) groups excluding carboxylic acids is 3. The standard InChI is InChI=1S/C21H34N4O4/c1-2-29-21(28)16-13-17(24-19(26)9-5-3-7-11-22)15-18(14-16)25-20(27)10-6-4-8-12-23/h13-15H,2-12,22-23H2,1H3,(H,24,26)(H,25,27). The van der Waals surface area contributed by atoms with Gasteiger partial charge < -0.3 is 26.8 Å². The number of benzene rings is 1. The van der Waals surface area contributed by atoms with Gasteiger partial charge in [-0.15, -0.1) is 0 Å². The Balaban J connectivity index is 2.79. The molecule has 0 aliphatic heterocycles. The van der Waals surface area contributed by atoms with Crippen LogP contribution in [0.25, 0.3) is 0 Å². The van der Waals surface area contributed by atoms with Crippen molar-refractivity contribution in [3.05, 3.63) is 23.8 Å². The number of carbonyl (C=O) groups is 3. The van der Waals surface area contributed by atoms with E-state index in [0.29, 0.717) is 37.3 Å². The minimum absolute atomic E-state index is 0.151. The lowest BCUT2D eigenvalue weighted by Gasteiger charge is -2.12. The number of ether oxygens (including phenoxy) is 1. The summed E-state index contributed by atoms with van der Waals surface area (Å²) in [5.74, 6) is -0.811. The second-order valence-corrected chi connectivity index (χ2v) is 6.81. The summed E-state index contributed by atoms with van der Waals surface area (Å²) in [7, 11) is 0. The zero-order valence-electron chi connectivity index (χ0n) is 17.3. The van der Waals surface area contributed by atoms with E-state index in [0.717, 1.165) is 38.5 Å². The molecule has 0 heterocycles. The third-order valence-corrected chi connectivity index (χ3v) is 4.23. The minimum Gasteiger partial charge on any atom is -0.462 e. The smallest absolute Gasteiger partial charge is 0.338 e. The van der Waals surface area contributed by atoms with Crippen LogP contribution in [-0.2, 0) is 14.3 Å². The summed E-state index contributed by atoms with van der Waals surface area (Å²) in [6.45, 7) is 3.17. The zero-order valence-corrected chi connectivity index (χ0v) is 17.3. The van der Waals surface area contributed by atoms with Gasteiger partial charge in [-0.2, -0.15) is 0 Å². The van der Waals surface area contributed by atoms with Gasteiger partial charge in [-0.05, 0) is 63.9 Å². The van der Waals surface area contributed by atoms with E-state index in [-0.39, 0.29) is 24.0 Å². The summed E-state index contributed by atoms with van der Waals surface area (Å²) in [6, 6.07) is 4.73. The van der Waals surface area contributed by atoms with E-state index in [1.54, 1.807) is 25.1 Å². The fourth-order valence-electron chi connectivity index (χ4n) is 2.76. The lowest BCUT2D eigenvalue weighted by atomic mass is 10.1. The van der Waals surface area contributed by atoms with E-state index in [4.69, 9.17) is 16.2 Å². The molecule has 0 saturated heterocycles. The lowest BCUT2D eigenvalue weighted by molar-refractivity contribution is -0.117. The normalized spacial score (nSPS) is 10.4. The molecule has 0 bridgehead atoms. The summed E-state index contributed by atoms with van der Waals surface area (Å²) >= 11 is 0. The molecule has 8 nitrogen and oxygen atoms in total. The van der Waals surface area contributed by atoms with Crippen LogP contribution in [0, 0.1) is 0 Å². The van der Waals surface area contributed by atoms with Crippen molar-refractivity contribution in [3.8, 4) is 0 Å². The Labute approximate surface area is 172 Å². The van der Waals surface area contributed by atoms with Crippen molar-refractivity contribution >= 4 is 29.2 Å². The summed E-state index contributed by atoms with van der Waals surface area (Å²) in [5, 5.41) is 5.57. The first-order chi connectivity index (χ1) is 14.0. The minimum atomic E-state index is -0.509. The van der Waals surface area contributed by atoms with Gasteiger partial charge in [0.05, 0.1) is 12.2 Å². The maximum atomic E-state index is 12.2. The van der Waals surface area contributed by atoms with Crippen molar-refractivity contribution in [2.45, 2.75) is 58.3 Å². The van der Waals surface area contributed by atoms with Crippen molar-refractivity contribution in [2.24, 2.45) is 11.5 Å². The topological polar surface area (TPSA) is 137 Å². The largest absolute Gasteiger partial charge is 0.462 e. The Morgan fingerprint density at radius 3 is 1.69 bits per heavy atom. The van der Waals surface area contributed by atoms with Gasteiger partial charge in [-0.3, -0.25) is 9.59 Å². The lowest BCUT2D eigenvalue weighted by Crippen LogP contribution is -2.15. The first kappa shape index (κ1) is 24.6. The van der Waals surface area contributed by atoms with Crippen molar-refractivity contribution in [1.82, 2.24) is 0 Å². The van der Waals surface area contributed by atoms with Crippen molar-refractivity contribution in [2.75, 3.05) is 30.3 Å². The Hall–Kier alpha value is -2.45. The van der Waals surface area contributed by atoms with Crippen LogP contribution in [0.15, 0.2) is 18.2 Å². The molecule has 162 valence electrons. The SMILES string of the molecule is CCOC(=O)c1cc(NC(=O)CCCCCN)cc(NC(=O)CCCCCN)c1. The molecule has 0 radical (unpaired) electrons. The number of amides is 2. The van der Waals surface area contributed by atoms with Crippen LogP contribution in [0.4, 0.5) is 11.4 Å². The molecule has 1 rings (SSSR count). The van der Waals surface area contributed by atoms with E-state index >= 15 is 0 Å². The molecule has 8 heteroatoms. The van der Waals surface area contributed by atoms with Crippen LogP contribution in [-0.4, -0.2) is 37.5 Å². The Kier molecular flexibility index (Phi) is 12.3. The molecule has 0 aliphatic rings. The van der Waals surface area contributed by atoms with E-state index < -0.39 is 5.97 Å². The molecule has 6 N–H and O–H groups in total. The van der Waals surface area contributed by atoms with Gasteiger partial charge >= 0.3 is 5.97 Å². The van der Waals surface area contributed by atoms with Crippen molar-refractivity contribution in [1.29, 1.82) is 0 Å². The molecule has 1 aromatic rings. The highest BCUT2D eigenvalue weighted by Gasteiger charge is 2.13. The molecule has 0 atom stereocenters. The van der Waals surface area contributed by atoms with Crippen LogP contribution in [0.3, 0.4) is 0 Å². The van der Waals surface area contributed by atoms with Crippen LogP contribution in [0.2, 0.25) is 0 Å². The molecule has 0 aliphatic carbocycles. The number of nitrogens with one attached hydrogen (secondary N) is 2. The van der Waals surface area contributed by atoms with Crippen LogP contribution < -0.4 is 22.1 Å². The Morgan fingerprint density at radius 2 is 1.28 bits per heavy atom. The maximum Gasteiger partial charge on any atom is 0.338 e. The monoisotopic (exact) mass is 406 g/mol. The van der Waals surface area contributed by atoms with E-state index in [9.17, 15) is 14.4 Å². The van der Waals surface area contributed by atoms with Crippen LogP contribution in [0.5, 0.6) is 0 Å². The summed E-state index contributed by atoms with van der Waals surface area (Å²) < 4.78 is 5.04. The highest BCUT2D eigenvalue weighted by molar-refractivity contribution is 5.98. The molecule has 1 aromatic carbocycles. The predicted molar refractivity (Wildman–Crippen MR) is 115 cm³/mol. The average molecular weight is 407 g/mol. The third-order valence-electron chi connectivity index (χ3n) is 4.23. The Morgan fingerprint density at radius 1 is 0.793 bits per heavy atom.